The van der Waals surface area contributed by atoms with E-state index in [2.05, 4.69) is 42.5 Å². The Kier molecular flexibility index (Phi) is 10.4. The summed E-state index contributed by atoms with van der Waals surface area (Å²) in [5.74, 6) is 1.80. The average molecular weight is 828 g/mol. The first-order valence-corrected chi connectivity index (χ1v) is 21.7. The van der Waals surface area contributed by atoms with Crippen molar-refractivity contribution >= 4 is 92.8 Å². The summed E-state index contributed by atoms with van der Waals surface area (Å²) < 4.78 is 0. The summed E-state index contributed by atoms with van der Waals surface area (Å²) in [6, 6.07) is 0. The quantitative estimate of drug-likeness (QED) is 0.171. The van der Waals surface area contributed by atoms with Crippen LogP contribution in [-0.2, 0) is 0 Å². The van der Waals surface area contributed by atoms with Gasteiger partial charge in [0.25, 0.3) is 0 Å². The summed E-state index contributed by atoms with van der Waals surface area (Å²) in [5.41, 5.74) is 0. The fraction of sp³-hybridized carbons (Fsp3) is 1.00. The number of nitrogens with one attached hydrogen (secondary N) is 8. The van der Waals surface area contributed by atoms with Gasteiger partial charge < -0.3 is 0 Å². The van der Waals surface area contributed by atoms with Crippen LogP contribution >= 0.6 is 92.8 Å². The van der Waals surface area contributed by atoms with E-state index in [1.807, 2.05) is 0 Å². The molecule has 5 saturated heterocycles. The third-order valence-electron chi connectivity index (χ3n) is 13.8. The molecule has 9 fully saturated rings. The molecule has 5 aliphatic heterocycles. The summed E-state index contributed by atoms with van der Waals surface area (Å²) in [6.07, 6.45) is 6.67. The van der Waals surface area contributed by atoms with Crippen LogP contribution in [-0.4, -0.2) is 92.3 Å². The molecule has 24 unspecified atom stereocenters. The zero-order chi connectivity index (χ0) is 33.2. The van der Waals surface area contributed by atoms with E-state index in [1.54, 1.807) is 0 Å². The van der Waals surface area contributed by atoms with Gasteiger partial charge in [0.15, 0.2) is 0 Å². The van der Waals surface area contributed by atoms with Crippen molar-refractivity contribution in [2.75, 3.05) is 0 Å². The van der Waals surface area contributed by atoms with Gasteiger partial charge in [-0.1, -0.05) is 0 Å². The molecule has 8 N–H and O–H groups in total. The molecule has 9 rings (SSSR count). The largest absolute Gasteiger partial charge is 0.286 e. The third-order valence-corrected chi connectivity index (χ3v) is 17.1. The molecule has 8 bridgehead atoms. The van der Waals surface area contributed by atoms with E-state index in [0.717, 1.165) is 51.4 Å². The number of fused-ring (bicyclic) bond motifs is 20. The smallest absolute Gasteiger partial charge is 0.0642 e. The number of alkyl halides is 8. The van der Waals surface area contributed by atoms with Crippen LogP contribution in [0.1, 0.15) is 51.4 Å². The summed E-state index contributed by atoms with van der Waals surface area (Å²) in [7, 11) is 0. The number of halogens is 8. The van der Waals surface area contributed by atoms with Crippen molar-refractivity contribution in [3.63, 3.8) is 0 Å². The second-order valence-corrected chi connectivity index (χ2v) is 21.2. The van der Waals surface area contributed by atoms with Crippen LogP contribution in [0.4, 0.5) is 0 Å². The Morgan fingerprint density at radius 3 is 0.667 bits per heavy atom. The van der Waals surface area contributed by atoms with E-state index in [-0.39, 0.29) is 140 Å². The molecular weight excluding hydrogens is 780 g/mol. The van der Waals surface area contributed by atoms with Gasteiger partial charge in [0.2, 0.25) is 0 Å². The molecule has 272 valence electrons. The van der Waals surface area contributed by atoms with Crippen LogP contribution in [0.5, 0.6) is 0 Å². The van der Waals surface area contributed by atoms with Gasteiger partial charge >= 0.3 is 0 Å². The number of hydrogen-bond acceptors (Lipinski definition) is 8. The average Bonchev–Trinajstić information content (AvgIpc) is 3.72. The Balaban J connectivity index is 1.09. The molecule has 0 aromatic rings. The lowest BCUT2D eigenvalue weighted by molar-refractivity contribution is 0.174. The van der Waals surface area contributed by atoms with Crippen LogP contribution < -0.4 is 42.5 Å². The lowest BCUT2D eigenvalue weighted by Crippen LogP contribution is -2.62. The third kappa shape index (κ3) is 6.27. The first-order chi connectivity index (χ1) is 23.0. The normalized spacial score (nSPS) is 62.5. The van der Waals surface area contributed by atoms with Gasteiger partial charge in [-0.25, -0.2) is 0 Å². The van der Waals surface area contributed by atoms with Crippen molar-refractivity contribution in [1.29, 1.82) is 0 Å². The summed E-state index contributed by atoms with van der Waals surface area (Å²) in [6.45, 7) is 0. The monoisotopic (exact) mass is 824 g/mol. The van der Waals surface area contributed by atoms with Crippen molar-refractivity contribution in [2.45, 2.75) is 144 Å². The van der Waals surface area contributed by atoms with Gasteiger partial charge in [0.05, 0.1) is 49.3 Å². The Morgan fingerprint density at radius 2 is 0.438 bits per heavy atom. The maximum absolute atomic E-state index is 7.21. The molecule has 0 aromatic heterocycles. The topological polar surface area (TPSA) is 96.2 Å². The lowest BCUT2D eigenvalue weighted by Gasteiger charge is -2.40. The van der Waals surface area contributed by atoms with E-state index in [4.69, 9.17) is 92.8 Å². The van der Waals surface area contributed by atoms with E-state index in [1.165, 1.54) is 0 Å². The van der Waals surface area contributed by atoms with Gasteiger partial charge in [-0.3, -0.25) is 42.5 Å². The van der Waals surface area contributed by atoms with Crippen LogP contribution in [0.2, 0.25) is 0 Å². The van der Waals surface area contributed by atoms with Gasteiger partial charge in [0.1, 0.15) is 0 Å². The minimum Gasteiger partial charge on any atom is -0.286 e. The molecule has 16 heteroatoms. The summed E-state index contributed by atoms with van der Waals surface area (Å²) in [4.78, 5) is 0. The molecule has 24 atom stereocenters. The molecule has 4 aliphatic carbocycles. The second-order valence-electron chi connectivity index (χ2n) is 16.5. The SMILES string of the molecule is ClC1CC(Cl)C2C3NC(NC4NC(NC5NC(NC6NC(N3)C3C(Cl)CC(Cl)CC63)C3CC(Cl)CC(Cl)C53)C3C(Cl)CC(Cl)CC43)C2C1. The van der Waals surface area contributed by atoms with E-state index >= 15 is 0 Å². The molecule has 8 nitrogen and oxygen atoms in total. The van der Waals surface area contributed by atoms with Crippen molar-refractivity contribution in [2.24, 2.45) is 47.3 Å². The zero-order valence-corrected chi connectivity index (χ0v) is 32.6. The molecule has 0 aromatic carbocycles. The molecule has 0 radical (unpaired) electrons. The summed E-state index contributed by atoms with van der Waals surface area (Å²) >= 11 is 56.4. The fourth-order valence-electron chi connectivity index (χ4n) is 11.9. The van der Waals surface area contributed by atoms with Crippen LogP contribution in [0, 0.1) is 47.3 Å². The van der Waals surface area contributed by atoms with E-state index in [0.29, 0.717) is 0 Å². The highest BCUT2D eigenvalue weighted by Crippen LogP contribution is 2.49. The Hall–Kier alpha value is 2.00. The molecular formula is C32H48Cl8N8. The number of rotatable bonds is 0. The Bertz CT molecular complexity index is 1020. The van der Waals surface area contributed by atoms with Crippen LogP contribution in [0.15, 0.2) is 0 Å². The van der Waals surface area contributed by atoms with Crippen LogP contribution in [0.3, 0.4) is 0 Å². The zero-order valence-electron chi connectivity index (χ0n) is 26.5. The van der Waals surface area contributed by atoms with Crippen molar-refractivity contribution in [3.8, 4) is 0 Å². The van der Waals surface area contributed by atoms with Gasteiger partial charge in [-0.15, -0.1) is 92.8 Å². The fourth-order valence-corrected chi connectivity index (χ4v) is 16.1. The standard InChI is InChI=1S/C32H48Cl8N8/c33-9-1-13-21(17(37)5-9)29-43-25(13)41-26-14-2-10(34)6-18(38)22(14)31(44-26)48-32-24-16(4-12(36)8-20(24)40)28(46-32)42-27-15-3-11(35)7-19(39)23(15)30(45-27)47-29/h9-32,41-48H,1-8H2. The Morgan fingerprint density at radius 1 is 0.250 bits per heavy atom. The maximum atomic E-state index is 7.21. The lowest BCUT2D eigenvalue weighted by atomic mass is 9.75. The van der Waals surface area contributed by atoms with Gasteiger partial charge in [-0.05, 0) is 75.0 Å². The molecule has 5 heterocycles. The highest BCUT2D eigenvalue weighted by atomic mass is 35.5. The molecule has 0 spiro atoms. The molecule has 0 amide bonds. The maximum Gasteiger partial charge on any atom is 0.0642 e. The summed E-state index contributed by atoms with van der Waals surface area (Å²) in [5, 5.41) is 32.1. The van der Waals surface area contributed by atoms with Crippen molar-refractivity contribution in [3.05, 3.63) is 0 Å². The van der Waals surface area contributed by atoms with E-state index in [9.17, 15) is 0 Å². The number of hydrogen-bond donors (Lipinski definition) is 8. The predicted molar refractivity (Wildman–Crippen MR) is 197 cm³/mol. The minimum absolute atomic E-state index is 0.00525. The molecule has 9 aliphatic rings. The van der Waals surface area contributed by atoms with Crippen molar-refractivity contribution < 1.29 is 0 Å². The molecule has 48 heavy (non-hydrogen) atoms. The first kappa shape index (κ1) is 35.7. The highest BCUT2D eigenvalue weighted by molar-refractivity contribution is 6.25. The Labute approximate surface area is 324 Å². The predicted octanol–water partition coefficient (Wildman–Crippen LogP) is 4.34. The first-order valence-electron chi connectivity index (χ1n) is 18.2. The highest BCUT2D eigenvalue weighted by Gasteiger charge is 2.59. The minimum atomic E-state index is -0.0513. The van der Waals surface area contributed by atoms with Gasteiger partial charge in [0, 0.05) is 66.7 Å². The second kappa shape index (κ2) is 13.9. The van der Waals surface area contributed by atoms with E-state index < -0.39 is 0 Å². The van der Waals surface area contributed by atoms with Crippen LogP contribution in [0.25, 0.3) is 0 Å². The van der Waals surface area contributed by atoms with Crippen molar-refractivity contribution in [1.82, 2.24) is 42.5 Å². The molecule has 4 saturated carbocycles. The van der Waals surface area contributed by atoms with Gasteiger partial charge in [-0.2, -0.15) is 0 Å².